The average molecular weight is 678 g/mol. The lowest BCUT2D eigenvalue weighted by Crippen LogP contribution is -2.08. The SMILES string of the molecule is COc1ccc(-c2ccc(OC(C)C)cc2CCc2ccc(OC(C)C)c(OCc3ccccc3)c2)c(CCc2ccc(F)c([N+](=O)[O-])c2)c1. The van der Waals surface area contributed by atoms with Gasteiger partial charge >= 0.3 is 5.69 Å². The lowest BCUT2D eigenvalue weighted by atomic mass is 9.90. The van der Waals surface area contributed by atoms with Gasteiger partial charge in [-0.25, -0.2) is 0 Å². The zero-order valence-electron chi connectivity index (χ0n) is 29.3. The average Bonchev–Trinajstić information content (AvgIpc) is 3.10. The number of hydrogen-bond donors (Lipinski definition) is 0. The fourth-order valence-electron chi connectivity index (χ4n) is 5.87. The summed E-state index contributed by atoms with van der Waals surface area (Å²) in [6, 6.07) is 32.4. The van der Waals surface area contributed by atoms with E-state index >= 15 is 0 Å². The van der Waals surface area contributed by atoms with Gasteiger partial charge in [0.15, 0.2) is 11.5 Å². The molecular weight excluding hydrogens is 633 g/mol. The van der Waals surface area contributed by atoms with E-state index in [-0.39, 0.29) is 12.2 Å². The second-order valence-corrected chi connectivity index (χ2v) is 12.8. The van der Waals surface area contributed by atoms with Gasteiger partial charge in [-0.05, 0) is 135 Å². The molecule has 0 N–H and O–H groups in total. The van der Waals surface area contributed by atoms with Gasteiger partial charge in [-0.1, -0.05) is 54.6 Å². The molecule has 0 spiro atoms. The molecule has 5 rings (SSSR count). The number of rotatable bonds is 16. The fraction of sp³-hybridized carbons (Fsp3) is 0.286. The van der Waals surface area contributed by atoms with E-state index in [4.69, 9.17) is 18.9 Å². The quantitative estimate of drug-likeness (QED) is 0.0764. The Bertz CT molecular complexity index is 1910. The van der Waals surface area contributed by atoms with Gasteiger partial charge in [0, 0.05) is 6.07 Å². The van der Waals surface area contributed by atoms with Gasteiger partial charge < -0.3 is 18.9 Å². The van der Waals surface area contributed by atoms with E-state index in [9.17, 15) is 14.5 Å². The first-order chi connectivity index (χ1) is 24.1. The van der Waals surface area contributed by atoms with E-state index < -0.39 is 16.4 Å². The molecule has 260 valence electrons. The summed E-state index contributed by atoms with van der Waals surface area (Å²) in [7, 11) is 1.63. The van der Waals surface area contributed by atoms with Crippen molar-refractivity contribution >= 4 is 5.69 Å². The number of nitrogens with zero attached hydrogens (tertiary/aromatic N) is 1. The van der Waals surface area contributed by atoms with Gasteiger partial charge in [0.2, 0.25) is 5.82 Å². The molecule has 5 aromatic rings. The maximum atomic E-state index is 14.0. The van der Waals surface area contributed by atoms with E-state index in [2.05, 4.69) is 30.3 Å². The molecule has 7 nitrogen and oxygen atoms in total. The number of hydrogen-bond acceptors (Lipinski definition) is 6. The Labute approximate surface area is 293 Å². The smallest absolute Gasteiger partial charge is 0.305 e. The predicted molar refractivity (Wildman–Crippen MR) is 195 cm³/mol. The third kappa shape index (κ3) is 9.62. The van der Waals surface area contributed by atoms with Crippen molar-refractivity contribution in [3.63, 3.8) is 0 Å². The van der Waals surface area contributed by atoms with Crippen LogP contribution in [0.25, 0.3) is 11.1 Å². The molecule has 0 saturated heterocycles. The normalized spacial score (nSPS) is 11.1. The van der Waals surface area contributed by atoms with Crippen molar-refractivity contribution in [2.75, 3.05) is 7.11 Å². The Kier molecular flexibility index (Phi) is 12.1. The molecule has 0 saturated carbocycles. The van der Waals surface area contributed by atoms with Crippen molar-refractivity contribution in [3.8, 4) is 34.1 Å². The molecule has 0 bridgehead atoms. The predicted octanol–water partition coefficient (Wildman–Crippen LogP) is 10.1. The minimum atomic E-state index is -0.842. The number of halogens is 1. The molecule has 0 aliphatic carbocycles. The Morgan fingerprint density at radius 3 is 1.86 bits per heavy atom. The Morgan fingerprint density at radius 2 is 1.24 bits per heavy atom. The molecule has 0 fully saturated rings. The number of methoxy groups -OCH3 is 1. The third-order valence-electron chi connectivity index (χ3n) is 8.23. The van der Waals surface area contributed by atoms with E-state index in [0.717, 1.165) is 58.0 Å². The van der Waals surface area contributed by atoms with Crippen LogP contribution in [-0.4, -0.2) is 24.2 Å². The number of ether oxygens (including phenoxy) is 4. The standard InChI is InChI=1S/C42H44FNO6/c1-28(2)49-36-18-20-38(37-19-17-35(47-5)25-33(37)15-11-30-13-21-39(43)40(23-30)44(45)46)34(26-36)16-12-31-14-22-41(50-29(3)4)42(24-31)48-27-32-9-7-6-8-10-32/h6-10,13-14,17-26,28-29H,11-12,15-16,27H2,1-5H3. The van der Waals surface area contributed by atoms with Gasteiger partial charge in [0.05, 0.1) is 24.2 Å². The number of aryl methyl sites for hydroxylation is 4. The minimum absolute atomic E-state index is 0.00282. The summed E-state index contributed by atoms with van der Waals surface area (Å²) in [5.41, 5.74) is 6.57. The summed E-state index contributed by atoms with van der Waals surface area (Å²) in [5, 5.41) is 11.4. The Hall–Kier alpha value is -5.37. The number of benzene rings is 5. The zero-order valence-corrected chi connectivity index (χ0v) is 29.3. The van der Waals surface area contributed by atoms with Crippen molar-refractivity contribution < 1.29 is 28.3 Å². The first kappa shape index (κ1) is 35.9. The van der Waals surface area contributed by atoms with Crippen LogP contribution in [0.1, 0.15) is 55.5 Å². The van der Waals surface area contributed by atoms with Crippen LogP contribution in [-0.2, 0) is 32.3 Å². The van der Waals surface area contributed by atoms with Gasteiger partial charge in [-0.3, -0.25) is 10.1 Å². The van der Waals surface area contributed by atoms with Crippen LogP contribution in [0.3, 0.4) is 0 Å². The molecule has 5 aromatic carbocycles. The van der Waals surface area contributed by atoms with E-state index in [1.807, 2.05) is 82.3 Å². The first-order valence-corrected chi connectivity index (χ1v) is 17.0. The van der Waals surface area contributed by atoms with E-state index in [1.54, 1.807) is 13.2 Å². The molecule has 0 aromatic heterocycles. The second kappa shape index (κ2) is 16.8. The van der Waals surface area contributed by atoms with Gasteiger partial charge in [0.1, 0.15) is 18.1 Å². The van der Waals surface area contributed by atoms with Crippen molar-refractivity contribution in [1.82, 2.24) is 0 Å². The molecule has 0 atom stereocenters. The summed E-state index contributed by atoms with van der Waals surface area (Å²) in [4.78, 5) is 10.7. The fourth-order valence-corrected chi connectivity index (χ4v) is 5.87. The molecule has 8 heteroatoms. The first-order valence-electron chi connectivity index (χ1n) is 17.0. The van der Waals surface area contributed by atoms with Crippen LogP contribution < -0.4 is 18.9 Å². The molecule has 0 aliphatic heterocycles. The minimum Gasteiger partial charge on any atom is -0.497 e. The highest BCUT2D eigenvalue weighted by molar-refractivity contribution is 5.73. The third-order valence-corrected chi connectivity index (χ3v) is 8.23. The monoisotopic (exact) mass is 677 g/mol. The number of nitro benzene ring substituents is 1. The molecule has 0 amide bonds. The highest BCUT2D eigenvalue weighted by Crippen LogP contribution is 2.36. The summed E-state index contributed by atoms with van der Waals surface area (Å²) in [5.74, 6) is 2.07. The van der Waals surface area contributed by atoms with Crippen LogP contribution >= 0.6 is 0 Å². The van der Waals surface area contributed by atoms with Crippen LogP contribution in [0.2, 0.25) is 0 Å². The van der Waals surface area contributed by atoms with E-state index in [1.165, 1.54) is 6.07 Å². The topological polar surface area (TPSA) is 80.1 Å². The summed E-state index contributed by atoms with van der Waals surface area (Å²) < 4.78 is 38.1. The summed E-state index contributed by atoms with van der Waals surface area (Å²) >= 11 is 0. The molecular formula is C42H44FNO6. The molecule has 0 unspecified atom stereocenters. The van der Waals surface area contributed by atoms with E-state index in [0.29, 0.717) is 42.3 Å². The lowest BCUT2D eigenvalue weighted by molar-refractivity contribution is -0.387. The van der Waals surface area contributed by atoms with Crippen molar-refractivity contribution in [3.05, 3.63) is 147 Å². The largest absolute Gasteiger partial charge is 0.497 e. The lowest BCUT2D eigenvalue weighted by Gasteiger charge is -2.19. The van der Waals surface area contributed by atoms with Gasteiger partial charge in [-0.15, -0.1) is 0 Å². The van der Waals surface area contributed by atoms with Crippen LogP contribution in [0.4, 0.5) is 10.1 Å². The second-order valence-electron chi connectivity index (χ2n) is 12.8. The Balaban J connectivity index is 1.45. The number of nitro groups is 1. The highest BCUT2D eigenvalue weighted by Gasteiger charge is 2.17. The molecule has 0 radical (unpaired) electrons. The highest BCUT2D eigenvalue weighted by atomic mass is 19.1. The maximum absolute atomic E-state index is 14.0. The van der Waals surface area contributed by atoms with Crippen molar-refractivity contribution in [2.24, 2.45) is 0 Å². The maximum Gasteiger partial charge on any atom is 0.305 e. The van der Waals surface area contributed by atoms with Crippen LogP contribution in [0.5, 0.6) is 23.0 Å². The van der Waals surface area contributed by atoms with Crippen molar-refractivity contribution in [1.29, 1.82) is 0 Å². The zero-order chi connectivity index (χ0) is 35.6. The van der Waals surface area contributed by atoms with Gasteiger partial charge in [0.25, 0.3) is 0 Å². The molecule has 50 heavy (non-hydrogen) atoms. The van der Waals surface area contributed by atoms with Crippen molar-refractivity contribution in [2.45, 2.75) is 72.2 Å². The molecule has 0 aliphatic rings. The summed E-state index contributed by atoms with van der Waals surface area (Å²) in [6.07, 6.45) is 2.54. The Morgan fingerprint density at radius 1 is 0.640 bits per heavy atom. The summed E-state index contributed by atoms with van der Waals surface area (Å²) in [6.45, 7) is 8.45. The molecule has 0 heterocycles. The van der Waals surface area contributed by atoms with Crippen LogP contribution in [0.15, 0.2) is 103 Å². The van der Waals surface area contributed by atoms with Crippen LogP contribution in [0, 0.1) is 15.9 Å². The van der Waals surface area contributed by atoms with Gasteiger partial charge in [-0.2, -0.15) is 4.39 Å².